The van der Waals surface area contributed by atoms with E-state index < -0.39 is 23.4 Å². The number of carbonyl (C=O) groups is 2. The molecule has 0 fully saturated rings. The molecule has 0 bridgehead atoms. The quantitative estimate of drug-likeness (QED) is 0.180. The number of pyridine rings is 2. The number of nitro groups is 1. The predicted molar refractivity (Wildman–Crippen MR) is 138 cm³/mol. The predicted octanol–water partition coefficient (Wildman–Crippen LogP) is 5.12. The van der Waals surface area contributed by atoms with Crippen LogP contribution in [0.5, 0.6) is 0 Å². The van der Waals surface area contributed by atoms with E-state index in [2.05, 4.69) is 20.3 Å². The van der Waals surface area contributed by atoms with Crippen LogP contribution in [-0.4, -0.2) is 38.4 Å². The zero-order valence-corrected chi connectivity index (χ0v) is 19.8. The van der Waals surface area contributed by atoms with Gasteiger partial charge in [0.1, 0.15) is 0 Å². The lowest BCUT2D eigenvalue weighted by atomic mass is 10.0. The van der Waals surface area contributed by atoms with Gasteiger partial charge in [0.05, 0.1) is 27.4 Å². The maximum absolute atomic E-state index is 13.0. The second-order valence-electron chi connectivity index (χ2n) is 7.78. The Labute approximate surface area is 213 Å². The molecular weight excluding hydrogens is 494 g/mol. The molecule has 0 unspecified atom stereocenters. The highest BCUT2D eigenvalue weighted by molar-refractivity contribution is 7.14. The maximum atomic E-state index is 13.0. The Balaban J connectivity index is 1.29. The highest BCUT2D eigenvalue weighted by Crippen LogP contribution is 2.28. The van der Waals surface area contributed by atoms with Crippen molar-refractivity contribution in [3.8, 4) is 22.5 Å². The number of nitrogens with zero attached hydrogens (tertiary/aromatic N) is 4. The number of para-hydroxylation sites is 1. The van der Waals surface area contributed by atoms with Gasteiger partial charge >= 0.3 is 5.97 Å². The molecule has 0 aliphatic heterocycles. The summed E-state index contributed by atoms with van der Waals surface area (Å²) < 4.78 is 5.31. The Hall–Kier alpha value is -5.03. The van der Waals surface area contributed by atoms with Crippen LogP contribution in [0.1, 0.15) is 10.4 Å². The highest BCUT2D eigenvalue weighted by atomic mass is 32.1. The zero-order valence-electron chi connectivity index (χ0n) is 19.0. The Kier molecular flexibility index (Phi) is 6.60. The molecule has 0 saturated heterocycles. The summed E-state index contributed by atoms with van der Waals surface area (Å²) in [6.07, 6.45) is 3.27. The summed E-state index contributed by atoms with van der Waals surface area (Å²) in [5.74, 6) is -1.23. The summed E-state index contributed by atoms with van der Waals surface area (Å²) in [6, 6.07) is 18.4. The Bertz CT molecular complexity index is 1640. The molecule has 3 aromatic heterocycles. The molecular formula is C26H17N5O5S. The van der Waals surface area contributed by atoms with Gasteiger partial charge in [0.2, 0.25) is 0 Å². The molecule has 10 nitrogen and oxygen atoms in total. The largest absolute Gasteiger partial charge is 0.452 e. The van der Waals surface area contributed by atoms with Crippen LogP contribution in [0.4, 0.5) is 10.8 Å². The smallest absolute Gasteiger partial charge is 0.339 e. The average molecular weight is 512 g/mol. The van der Waals surface area contributed by atoms with E-state index in [0.29, 0.717) is 27.9 Å². The Morgan fingerprint density at radius 3 is 2.57 bits per heavy atom. The number of rotatable bonds is 7. The van der Waals surface area contributed by atoms with Gasteiger partial charge in [-0.15, -0.1) is 11.3 Å². The summed E-state index contributed by atoms with van der Waals surface area (Å²) >= 11 is 1.15. The summed E-state index contributed by atoms with van der Waals surface area (Å²) in [7, 11) is 0. The normalized spacial score (nSPS) is 10.7. The summed E-state index contributed by atoms with van der Waals surface area (Å²) in [6.45, 7) is -0.522. The van der Waals surface area contributed by atoms with Crippen LogP contribution >= 0.6 is 11.3 Å². The second kappa shape index (κ2) is 10.3. The minimum Gasteiger partial charge on any atom is -0.452 e. The van der Waals surface area contributed by atoms with Crippen LogP contribution in [0.25, 0.3) is 33.4 Å². The first kappa shape index (κ1) is 23.7. The average Bonchev–Trinajstić information content (AvgIpc) is 3.40. The van der Waals surface area contributed by atoms with Gasteiger partial charge in [-0.1, -0.05) is 30.3 Å². The SMILES string of the molecule is O=C(COC(=O)c1cc(-c2ccncc2)nc2ccccc12)Nc1nc(-c2cccc([N+](=O)[O-])c2)cs1. The first-order valence-electron chi connectivity index (χ1n) is 11.0. The van der Waals surface area contributed by atoms with Crippen LogP contribution < -0.4 is 5.32 Å². The zero-order chi connectivity index (χ0) is 25.8. The fourth-order valence-corrected chi connectivity index (χ4v) is 4.36. The first-order chi connectivity index (χ1) is 18.0. The van der Waals surface area contributed by atoms with E-state index in [1.165, 1.54) is 12.1 Å². The third-order valence-corrected chi connectivity index (χ3v) is 6.11. The van der Waals surface area contributed by atoms with Crippen molar-refractivity contribution < 1.29 is 19.2 Å². The molecule has 0 atom stereocenters. The molecule has 11 heteroatoms. The highest BCUT2D eigenvalue weighted by Gasteiger charge is 2.17. The van der Waals surface area contributed by atoms with E-state index in [0.717, 1.165) is 16.9 Å². The monoisotopic (exact) mass is 511 g/mol. The molecule has 0 radical (unpaired) electrons. The molecule has 0 saturated carbocycles. The number of aromatic nitrogens is 3. The molecule has 0 aliphatic carbocycles. The van der Waals surface area contributed by atoms with E-state index >= 15 is 0 Å². The molecule has 5 aromatic rings. The van der Waals surface area contributed by atoms with E-state index in [4.69, 9.17) is 4.74 Å². The standard InChI is InChI=1S/C26H17N5O5S/c32-24(30-26-29-23(15-37-26)17-4-3-5-18(12-17)31(34)35)14-36-25(33)20-13-22(16-8-10-27-11-9-16)28-21-7-2-1-6-19(20)21/h1-13,15H,14H2,(H,29,30,32). The lowest BCUT2D eigenvalue weighted by Crippen LogP contribution is -2.21. The molecule has 5 rings (SSSR count). The number of nitro benzene ring substituents is 1. The van der Waals surface area contributed by atoms with E-state index in [9.17, 15) is 19.7 Å². The fraction of sp³-hybridized carbons (Fsp3) is 0.0385. The first-order valence-corrected chi connectivity index (χ1v) is 11.8. The van der Waals surface area contributed by atoms with Gasteiger partial charge in [-0.25, -0.2) is 14.8 Å². The number of benzene rings is 2. The van der Waals surface area contributed by atoms with Crippen LogP contribution in [0.3, 0.4) is 0 Å². The van der Waals surface area contributed by atoms with Crippen LogP contribution in [0.2, 0.25) is 0 Å². The number of hydrogen-bond donors (Lipinski definition) is 1. The minimum atomic E-state index is -0.666. The number of nitrogens with one attached hydrogen (secondary N) is 1. The van der Waals surface area contributed by atoms with Crippen molar-refractivity contribution in [2.24, 2.45) is 0 Å². The van der Waals surface area contributed by atoms with Crippen LogP contribution in [0, 0.1) is 10.1 Å². The molecule has 1 amide bonds. The molecule has 182 valence electrons. The number of fused-ring (bicyclic) bond motifs is 1. The van der Waals surface area contributed by atoms with Gasteiger partial charge in [-0.3, -0.25) is 25.2 Å². The molecule has 37 heavy (non-hydrogen) atoms. The number of hydrogen-bond acceptors (Lipinski definition) is 9. The third-order valence-electron chi connectivity index (χ3n) is 5.35. The molecule has 2 aromatic carbocycles. The fourth-order valence-electron chi connectivity index (χ4n) is 3.62. The number of amides is 1. The number of anilines is 1. The summed E-state index contributed by atoms with van der Waals surface area (Å²) in [5.41, 5.74) is 3.24. The summed E-state index contributed by atoms with van der Waals surface area (Å²) in [5, 5.41) is 16.1. The number of thiazole rings is 1. The van der Waals surface area contributed by atoms with Crippen molar-refractivity contribution in [2.45, 2.75) is 0 Å². The van der Waals surface area contributed by atoms with Crippen LogP contribution in [0.15, 0.2) is 84.5 Å². The van der Waals surface area contributed by atoms with E-state index in [1.807, 2.05) is 6.07 Å². The number of non-ortho nitro benzene ring substituents is 1. The van der Waals surface area contributed by atoms with Crippen molar-refractivity contribution in [3.63, 3.8) is 0 Å². The molecule has 0 spiro atoms. The van der Waals surface area contributed by atoms with Gasteiger partial charge in [-0.05, 0) is 24.3 Å². The van der Waals surface area contributed by atoms with Gasteiger partial charge < -0.3 is 4.74 Å². The molecule has 0 aliphatic rings. The topological polar surface area (TPSA) is 137 Å². The lowest BCUT2D eigenvalue weighted by Gasteiger charge is -2.10. The van der Waals surface area contributed by atoms with Crippen molar-refractivity contribution >= 4 is 44.9 Å². The van der Waals surface area contributed by atoms with Crippen LogP contribution in [-0.2, 0) is 9.53 Å². The van der Waals surface area contributed by atoms with Gasteiger partial charge in [-0.2, -0.15) is 0 Å². The van der Waals surface area contributed by atoms with Crippen molar-refractivity contribution in [1.29, 1.82) is 0 Å². The van der Waals surface area contributed by atoms with Gasteiger partial charge in [0.15, 0.2) is 11.7 Å². The Morgan fingerprint density at radius 1 is 0.946 bits per heavy atom. The molecule has 1 N–H and O–H groups in total. The van der Waals surface area contributed by atoms with Crippen molar-refractivity contribution in [3.05, 3.63) is 100 Å². The minimum absolute atomic E-state index is 0.0567. The van der Waals surface area contributed by atoms with E-state index in [-0.39, 0.29) is 16.4 Å². The Morgan fingerprint density at radius 2 is 1.76 bits per heavy atom. The summed E-state index contributed by atoms with van der Waals surface area (Å²) in [4.78, 5) is 48.9. The third kappa shape index (κ3) is 5.31. The number of carbonyl (C=O) groups excluding carboxylic acids is 2. The number of esters is 1. The lowest BCUT2D eigenvalue weighted by molar-refractivity contribution is -0.384. The number of ether oxygens (including phenoxy) is 1. The second-order valence-corrected chi connectivity index (χ2v) is 8.64. The maximum Gasteiger partial charge on any atom is 0.339 e. The van der Waals surface area contributed by atoms with Gasteiger partial charge in [0, 0.05) is 46.4 Å². The molecule has 3 heterocycles. The van der Waals surface area contributed by atoms with Crippen molar-refractivity contribution in [1.82, 2.24) is 15.0 Å². The van der Waals surface area contributed by atoms with E-state index in [1.54, 1.807) is 66.3 Å². The van der Waals surface area contributed by atoms with Crippen molar-refractivity contribution in [2.75, 3.05) is 11.9 Å². The van der Waals surface area contributed by atoms with Gasteiger partial charge in [0.25, 0.3) is 11.6 Å².